The van der Waals surface area contributed by atoms with E-state index in [0.717, 1.165) is 16.2 Å². The molecule has 0 atom stereocenters. The molecule has 0 spiro atoms. The van der Waals surface area contributed by atoms with Gasteiger partial charge in [-0.25, -0.2) is 4.79 Å². The summed E-state index contributed by atoms with van der Waals surface area (Å²) in [6.07, 6.45) is -0.566. The number of benzene rings is 1. The molecule has 116 valence electrons. The Morgan fingerprint density at radius 3 is 2.45 bits per heavy atom. The highest BCUT2D eigenvalue weighted by Gasteiger charge is 2.20. The number of rotatable bonds is 6. The van der Waals surface area contributed by atoms with E-state index in [1.54, 1.807) is 24.3 Å². The zero-order valence-electron chi connectivity index (χ0n) is 11.5. The molecule has 0 aliphatic carbocycles. The Labute approximate surface area is 125 Å². The van der Waals surface area contributed by atoms with Gasteiger partial charge in [0, 0.05) is 12.3 Å². The lowest BCUT2D eigenvalue weighted by molar-refractivity contribution is -0.0518. The molecule has 7 nitrogen and oxygen atoms in total. The van der Waals surface area contributed by atoms with Gasteiger partial charge in [-0.05, 0) is 5.56 Å². The van der Waals surface area contributed by atoms with Crippen LogP contribution >= 0.6 is 0 Å². The minimum Gasteiger partial charge on any atom is -0.482 e. The Balaban J connectivity index is 2.36. The molecule has 1 aromatic heterocycles. The second-order valence-corrected chi connectivity index (χ2v) is 4.57. The minimum absolute atomic E-state index is 0.0298. The molecule has 3 N–H and O–H groups in total. The lowest BCUT2D eigenvalue weighted by Gasteiger charge is -2.15. The topological polar surface area (TPSA) is 109 Å². The second-order valence-electron chi connectivity index (χ2n) is 4.57. The molecule has 22 heavy (non-hydrogen) atoms. The van der Waals surface area contributed by atoms with Gasteiger partial charge in [-0.2, -0.15) is 0 Å². The molecule has 0 saturated heterocycles. The van der Waals surface area contributed by atoms with Crippen LogP contribution in [0.3, 0.4) is 0 Å². The van der Waals surface area contributed by atoms with Crippen molar-refractivity contribution in [3.8, 4) is 5.75 Å². The first-order valence-electron chi connectivity index (χ1n) is 6.48. The van der Waals surface area contributed by atoms with Crippen molar-refractivity contribution in [3.63, 3.8) is 0 Å². The van der Waals surface area contributed by atoms with E-state index in [4.69, 9.17) is 14.9 Å². The van der Waals surface area contributed by atoms with E-state index in [1.165, 1.54) is 6.20 Å². The molecule has 1 heterocycles. The lowest BCUT2D eigenvalue weighted by Crippen LogP contribution is -2.24. The van der Waals surface area contributed by atoms with Gasteiger partial charge in [0.1, 0.15) is 6.61 Å². The number of carboxylic acid groups (broad SMARTS) is 1. The van der Waals surface area contributed by atoms with Crippen LogP contribution in [0.5, 0.6) is 5.75 Å². The van der Waals surface area contributed by atoms with Crippen molar-refractivity contribution >= 4 is 5.97 Å². The SMILES string of the molecule is O=C(O)c1c(OCc2ccccc2)c(=O)ccn1CC(O)O. The van der Waals surface area contributed by atoms with Gasteiger partial charge in [0.05, 0.1) is 6.54 Å². The lowest BCUT2D eigenvalue weighted by atomic mass is 10.2. The minimum atomic E-state index is -1.75. The number of hydrogen-bond acceptors (Lipinski definition) is 5. The Morgan fingerprint density at radius 1 is 1.18 bits per heavy atom. The van der Waals surface area contributed by atoms with E-state index in [2.05, 4.69) is 0 Å². The van der Waals surface area contributed by atoms with Gasteiger partial charge in [-0.3, -0.25) is 4.79 Å². The number of hydrogen-bond donors (Lipinski definition) is 3. The summed E-state index contributed by atoms with van der Waals surface area (Å²) in [5.41, 5.74) is -0.232. The van der Waals surface area contributed by atoms with Gasteiger partial charge in [-0.15, -0.1) is 0 Å². The number of aromatic carboxylic acids is 1. The molecule has 0 saturated carbocycles. The van der Waals surface area contributed by atoms with Crippen molar-refractivity contribution < 1.29 is 24.9 Å². The second kappa shape index (κ2) is 6.88. The summed E-state index contributed by atoms with van der Waals surface area (Å²) in [5, 5.41) is 27.3. The van der Waals surface area contributed by atoms with Crippen LogP contribution in [0.15, 0.2) is 47.4 Å². The monoisotopic (exact) mass is 305 g/mol. The molecule has 7 heteroatoms. The number of carboxylic acids is 1. The van der Waals surface area contributed by atoms with Crippen LogP contribution in [0.2, 0.25) is 0 Å². The van der Waals surface area contributed by atoms with Crippen LogP contribution in [0.4, 0.5) is 0 Å². The van der Waals surface area contributed by atoms with E-state index >= 15 is 0 Å². The van der Waals surface area contributed by atoms with Gasteiger partial charge in [-0.1, -0.05) is 30.3 Å². The molecule has 2 aromatic rings. The van der Waals surface area contributed by atoms with E-state index in [1.807, 2.05) is 6.07 Å². The van der Waals surface area contributed by atoms with Crippen LogP contribution in [0.1, 0.15) is 16.1 Å². The van der Waals surface area contributed by atoms with Crippen LogP contribution < -0.4 is 10.2 Å². The third-order valence-corrected chi connectivity index (χ3v) is 2.92. The maximum atomic E-state index is 11.9. The fraction of sp³-hybridized carbons (Fsp3) is 0.200. The quantitative estimate of drug-likeness (QED) is 0.668. The molecule has 2 rings (SSSR count). The van der Waals surface area contributed by atoms with Crippen LogP contribution in [0.25, 0.3) is 0 Å². The third kappa shape index (κ3) is 3.72. The molecule has 0 aliphatic heterocycles. The van der Waals surface area contributed by atoms with Gasteiger partial charge >= 0.3 is 5.97 Å². The molecule has 0 aliphatic rings. The van der Waals surface area contributed by atoms with Crippen molar-refractivity contribution in [2.24, 2.45) is 0 Å². The molecular weight excluding hydrogens is 290 g/mol. The largest absolute Gasteiger partial charge is 0.482 e. The number of ether oxygens (including phenoxy) is 1. The van der Waals surface area contributed by atoms with E-state index in [0.29, 0.717) is 0 Å². The predicted molar refractivity (Wildman–Crippen MR) is 76.7 cm³/mol. The standard InChI is InChI=1S/C15H15NO6/c17-11-6-7-16(8-12(18)19)13(15(20)21)14(11)22-9-10-4-2-1-3-5-10/h1-7,12,18-19H,8-9H2,(H,20,21). The van der Waals surface area contributed by atoms with E-state index in [-0.39, 0.29) is 18.9 Å². The average molecular weight is 305 g/mol. The smallest absolute Gasteiger partial charge is 0.356 e. The van der Waals surface area contributed by atoms with Gasteiger partial charge in [0.15, 0.2) is 17.7 Å². The van der Waals surface area contributed by atoms with Gasteiger partial charge < -0.3 is 24.6 Å². The summed E-state index contributed by atoms with van der Waals surface area (Å²) in [6.45, 7) is -0.355. The van der Waals surface area contributed by atoms with Crippen LogP contribution in [-0.4, -0.2) is 32.1 Å². The zero-order valence-corrected chi connectivity index (χ0v) is 11.5. The van der Waals surface area contributed by atoms with Crippen molar-refractivity contribution in [2.45, 2.75) is 19.4 Å². The fourth-order valence-corrected chi connectivity index (χ4v) is 1.97. The summed E-state index contributed by atoms with van der Waals surface area (Å²) in [5.74, 6) is -1.72. The number of aromatic nitrogens is 1. The highest BCUT2D eigenvalue weighted by atomic mass is 16.5. The van der Waals surface area contributed by atoms with Crippen LogP contribution in [-0.2, 0) is 13.2 Å². The summed E-state index contributed by atoms with van der Waals surface area (Å²) >= 11 is 0. The average Bonchev–Trinajstić information content (AvgIpc) is 2.47. The van der Waals surface area contributed by atoms with Crippen molar-refractivity contribution in [1.82, 2.24) is 4.57 Å². The Kier molecular flexibility index (Phi) is 4.92. The maximum absolute atomic E-state index is 11.9. The molecule has 0 fully saturated rings. The predicted octanol–water partition coefficient (Wildman–Crippen LogP) is 0.436. The zero-order chi connectivity index (χ0) is 16.1. The van der Waals surface area contributed by atoms with Crippen molar-refractivity contribution in [2.75, 3.05) is 0 Å². The Morgan fingerprint density at radius 2 is 1.86 bits per heavy atom. The maximum Gasteiger partial charge on any atom is 0.356 e. The number of carbonyl (C=O) groups is 1. The molecular formula is C15H15NO6. The highest BCUT2D eigenvalue weighted by molar-refractivity contribution is 5.88. The fourth-order valence-electron chi connectivity index (χ4n) is 1.97. The number of aliphatic hydroxyl groups is 2. The van der Waals surface area contributed by atoms with Gasteiger partial charge in [0.2, 0.25) is 5.43 Å². The van der Waals surface area contributed by atoms with E-state index in [9.17, 15) is 14.7 Å². The first kappa shape index (κ1) is 15.7. The van der Waals surface area contributed by atoms with Crippen molar-refractivity contribution in [1.29, 1.82) is 0 Å². The molecule has 0 radical (unpaired) electrons. The molecule has 0 bridgehead atoms. The van der Waals surface area contributed by atoms with Crippen LogP contribution in [0, 0.1) is 0 Å². The Bertz CT molecular complexity index is 708. The van der Waals surface area contributed by atoms with Gasteiger partial charge in [0.25, 0.3) is 0 Å². The summed E-state index contributed by atoms with van der Waals surface area (Å²) in [7, 11) is 0. The molecule has 1 aromatic carbocycles. The highest BCUT2D eigenvalue weighted by Crippen LogP contribution is 2.16. The normalized spacial score (nSPS) is 10.7. The molecule has 0 amide bonds. The summed E-state index contributed by atoms with van der Waals surface area (Å²) in [4.78, 5) is 23.3. The summed E-state index contributed by atoms with van der Waals surface area (Å²) in [6, 6.07) is 10.1. The van der Waals surface area contributed by atoms with E-state index < -0.39 is 23.4 Å². The summed E-state index contributed by atoms with van der Waals surface area (Å²) < 4.78 is 6.41. The first-order chi connectivity index (χ1) is 10.5. The van der Waals surface area contributed by atoms with Crippen molar-refractivity contribution in [3.05, 3.63) is 64.1 Å². The third-order valence-electron chi connectivity index (χ3n) is 2.92. The number of nitrogens with zero attached hydrogens (tertiary/aromatic N) is 1. The first-order valence-corrected chi connectivity index (χ1v) is 6.48. The Hall–Kier alpha value is -2.64. The number of pyridine rings is 1. The number of aliphatic hydroxyl groups excluding tert-OH is 1. The molecule has 0 unspecified atom stereocenters.